The molecule has 0 saturated heterocycles. The lowest BCUT2D eigenvalue weighted by Gasteiger charge is -2.10. The van der Waals surface area contributed by atoms with Crippen molar-refractivity contribution >= 4 is 21.5 Å². The molecule has 108 valence electrons. The molecule has 0 aliphatic rings. The zero-order valence-electron chi connectivity index (χ0n) is 11.5. The van der Waals surface area contributed by atoms with Gasteiger partial charge in [0.25, 0.3) is 10.1 Å². The van der Waals surface area contributed by atoms with E-state index in [2.05, 4.69) is 24.0 Å². The van der Waals surface area contributed by atoms with Gasteiger partial charge in [-0.15, -0.1) is 11.3 Å². The molecule has 4 nitrogen and oxygen atoms in total. The summed E-state index contributed by atoms with van der Waals surface area (Å²) in [6.45, 7) is 4.10. The molecular weight excluding hydrogens is 294 g/mol. The largest absolute Gasteiger partial charge is 0.286 e. The fourth-order valence-corrected chi connectivity index (χ4v) is 3.34. The fraction of sp³-hybridized carbons (Fsp3) is 0.357. The van der Waals surface area contributed by atoms with E-state index in [1.807, 2.05) is 12.3 Å². The maximum Gasteiger partial charge on any atom is 0.264 e. The number of aromatic nitrogens is 1. The highest BCUT2D eigenvalue weighted by Gasteiger charge is 2.10. The van der Waals surface area contributed by atoms with Gasteiger partial charge in [-0.1, -0.05) is 6.07 Å². The first kappa shape index (κ1) is 15.2. The van der Waals surface area contributed by atoms with Crippen LogP contribution in [0.1, 0.15) is 23.1 Å². The van der Waals surface area contributed by atoms with Crippen molar-refractivity contribution in [3.8, 4) is 10.6 Å². The van der Waals surface area contributed by atoms with Gasteiger partial charge >= 0.3 is 0 Å². The molecule has 0 amide bonds. The Bertz CT molecular complexity index is 691. The van der Waals surface area contributed by atoms with E-state index in [1.54, 1.807) is 17.5 Å². The Hall–Kier alpha value is -1.24. The second kappa shape index (κ2) is 6.03. The van der Waals surface area contributed by atoms with Gasteiger partial charge in [-0.05, 0) is 49.4 Å². The standard InChI is InChI=1S/C14H17NO3S2/c1-10-8-12(4-3-7-20(16,17)18)9-13(11(10)2)14-15-5-6-19-14/h5-6,8-9H,3-4,7H2,1-2H3,(H,16,17,18). The van der Waals surface area contributed by atoms with Crippen molar-refractivity contribution in [1.29, 1.82) is 0 Å². The van der Waals surface area contributed by atoms with Gasteiger partial charge in [0, 0.05) is 17.1 Å². The van der Waals surface area contributed by atoms with E-state index in [9.17, 15) is 8.42 Å². The van der Waals surface area contributed by atoms with Crippen molar-refractivity contribution in [3.63, 3.8) is 0 Å². The summed E-state index contributed by atoms with van der Waals surface area (Å²) in [5.74, 6) is -0.202. The van der Waals surface area contributed by atoms with Crippen LogP contribution in [0.2, 0.25) is 0 Å². The highest BCUT2D eigenvalue weighted by atomic mass is 32.2. The van der Waals surface area contributed by atoms with Crippen LogP contribution in [0.15, 0.2) is 23.7 Å². The van der Waals surface area contributed by atoms with Gasteiger partial charge < -0.3 is 0 Å². The van der Waals surface area contributed by atoms with E-state index in [-0.39, 0.29) is 5.75 Å². The molecule has 20 heavy (non-hydrogen) atoms. The first-order valence-electron chi connectivity index (χ1n) is 6.32. The number of nitrogens with zero attached hydrogens (tertiary/aromatic N) is 1. The van der Waals surface area contributed by atoms with Gasteiger partial charge in [-0.25, -0.2) is 4.98 Å². The van der Waals surface area contributed by atoms with Gasteiger partial charge in [0.1, 0.15) is 5.01 Å². The molecule has 0 radical (unpaired) electrons. The van der Waals surface area contributed by atoms with Gasteiger partial charge in [-0.3, -0.25) is 4.55 Å². The summed E-state index contributed by atoms with van der Waals surface area (Å²) in [5.41, 5.74) is 4.53. The number of benzene rings is 1. The van der Waals surface area contributed by atoms with Crippen LogP contribution in [0, 0.1) is 13.8 Å². The molecule has 0 saturated carbocycles. The summed E-state index contributed by atoms with van der Waals surface area (Å²) < 4.78 is 30.2. The molecule has 1 heterocycles. The number of rotatable bonds is 5. The SMILES string of the molecule is Cc1cc(CCCS(=O)(=O)O)cc(-c2nccs2)c1C. The van der Waals surface area contributed by atoms with Crippen LogP contribution in [0.3, 0.4) is 0 Å². The smallest absolute Gasteiger partial charge is 0.264 e. The Labute approximate surface area is 123 Å². The highest BCUT2D eigenvalue weighted by Crippen LogP contribution is 2.29. The van der Waals surface area contributed by atoms with Gasteiger partial charge in [0.15, 0.2) is 0 Å². The quantitative estimate of drug-likeness (QED) is 0.861. The Morgan fingerprint density at radius 3 is 2.65 bits per heavy atom. The lowest BCUT2D eigenvalue weighted by atomic mass is 9.98. The van der Waals surface area contributed by atoms with Crippen molar-refractivity contribution in [2.75, 3.05) is 5.75 Å². The molecule has 0 spiro atoms. The molecule has 0 aliphatic carbocycles. The third-order valence-corrected chi connectivity index (χ3v) is 4.87. The number of thiazole rings is 1. The number of hydrogen-bond donors (Lipinski definition) is 1. The molecule has 0 bridgehead atoms. The summed E-state index contributed by atoms with van der Waals surface area (Å²) in [7, 11) is -3.88. The summed E-state index contributed by atoms with van der Waals surface area (Å²) in [6, 6.07) is 4.13. The van der Waals surface area contributed by atoms with Crippen molar-refractivity contribution in [1.82, 2.24) is 4.98 Å². The minimum atomic E-state index is -3.88. The molecule has 1 aromatic heterocycles. The maximum atomic E-state index is 10.7. The van der Waals surface area contributed by atoms with Gasteiger partial charge in [-0.2, -0.15) is 8.42 Å². The zero-order chi connectivity index (χ0) is 14.8. The van der Waals surface area contributed by atoms with Crippen LogP contribution in [0.5, 0.6) is 0 Å². The van der Waals surface area contributed by atoms with E-state index < -0.39 is 10.1 Å². The third kappa shape index (κ3) is 3.88. The molecular formula is C14H17NO3S2. The summed E-state index contributed by atoms with van der Waals surface area (Å²) >= 11 is 1.59. The first-order chi connectivity index (χ1) is 9.37. The van der Waals surface area contributed by atoms with Crippen LogP contribution in [-0.4, -0.2) is 23.7 Å². The molecule has 2 aromatic rings. The topological polar surface area (TPSA) is 67.3 Å². The number of aryl methyl sites for hydroxylation is 2. The summed E-state index contributed by atoms with van der Waals surface area (Å²) in [4.78, 5) is 4.33. The third-order valence-electron chi connectivity index (χ3n) is 3.26. The van der Waals surface area contributed by atoms with E-state index in [1.165, 1.54) is 11.1 Å². The zero-order valence-corrected chi connectivity index (χ0v) is 13.1. The minimum absolute atomic E-state index is 0.202. The summed E-state index contributed by atoms with van der Waals surface area (Å²) in [6.07, 6.45) is 2.82. The van der Waals surface area contributed by atoms with Crippen LogP contribution < -0.4 is 0 Å². The van der Waals surface area contributed by atoms with Crippen molar-refractivity contribution < 1.29 is 13.0 Å². The van der Waals surface area contributed by atoms with E-state index >= 15 is 0 Å². The lowest BCUT2D eigenvalue weighted by Crippen LogP contribution is -2.05. The monoisotopic (exact) mass is 311 g/mol. The van der Waals surface area contributed by atoms with Crippen molar-refractivity contribution in [3.05, 3.63) is 40.4 Å². The second-order valence-corrected chi connectivity index (χ2v) is 7.28. The minimum Gasteiger partial charge on any atom is -0.286 e. The van der Waals surface area contributed by atoms with E-state index in [0.717, 1.165) is 16.1 Å². The molecule has 0 aliphatic heterocycles. The molecule has 6 heteroatoms. The molecule has 2 rings (SSSR count). The van der Waals surface area contributed by atoms with Gasteiger partial charge in [0.2, 0.25) is 0 Å². The molecule has 1 N–H and O–H groups in total. The van der Waals surface area contributed by atoms with Gasteiger partial charge in [0.05, 0.1) is 5.75 Å². The average Bonchev–Trinajstić information content (AvgIpc) is 2.85. The van der Waals surface area contributed by atoms with Crippen molar-refractivity contribution in [2.45, 2.75) is 26.7 Å². The normalized spacial score (nSPS) is 11.8. The Morgan fingerprint density at radius 2 is 2.05 bits per heavy atom. The molecule has 0 unspecified atom stereocenters. The van der Waals surface area contributed by atoms with Crippen molar-refractivity contribution in [2.24, 2.45) is 0 Å². The lowest BCUT2D eigenvalue weighted by molar-refractivity contribution is 0.481. The molecule has 0 atom stereocenters. The second-order valence-electron chi connectivity index (χ2n) is 4.81. The Morgan fingerprint density at radius 1 is 1.30 bits per heavy atom. The Balaban J connectivity index is 2.23. The maximum absolute atomic E-state index is 10.7. The number of hydrogen-bond acceptors (Lipinski definition) is 4. The van der Waals surface area contributed by atoms with E-state index in [0.29, 0.717) is 12.8 Å². The van der Waals surface area contributed by atoms with Crippen LogP contribution in [-0.2, 0) is 16.5 Å². The predicted octanol–water partition coefficient (Wildman–Crippen LogP) is 3.25. The predicted molar refractivity (Wildman–Crippen MR) is 81.8 cm³/mol. The fourth-order valence-electron chi connectivity index (χ4n) is 2.12. The van der Waals surface area contributed by atoms with E-state index in [4.69, 9.17) is 4.55 Å². The summed E-state index contributed by atoms with van der Waals surface area (Å²) in [5, 5.41) is 2.91. The van der Waals surface area contributed by atoms with Crippen LogP contribution >= 0.6 is 11.3 Å². The molecule has 0 fully saturated rings. The highest BCUT2D eigenvalue weighted by molar-refractivity contribution is 7.85. The Kier molecular flexibility index (Phi) is 4.57. The average molecular weight is 311 g/mol. The first-order valence-corrected chi connectivity index (χ1v) is 8.81. The van der Waals surface area contributed by atoms with Crippen LogP contribution in [0.4, 0.5) is 0 Å². The van der Waals surface area contributed by atoms with Crippen LogP contribution in [0.25, 0.3) is 10.6 Å². The molecule has 1 aromatic carbocycles.